The Morgan fingerprint density at radius 2 is 1.76 bits per heavy atom. The summed E-state index contributed by atoms with van der Waals surface area (Å²) in [4.78, 5) is 12.8. The Morgan fingerprint density at radius 1 is 1.00 bits per heavy atom. The predicted octanol–water partition coefficient (Wildman–Crippen LogP) is 3.20. The van der Waals surface area contributed by atoms with E-state index in [0.717, 1.165) is 11.8 Å². The molecule has 2 aromatic carbocycles. The fourth-order valence-electron chi connectivity index (χ4n) is 2.50. The third kappa shape index (κ3) is 3.97. The van der Waals surface area contributed by atoms with Gasteiger partial charge in [-0.05, 0) is 35.9 Å². The summed E-state index contributed by atoms with van der Waals surface area (Å²) in [5, 5.41) is 2.90. The van der Waals surface area contributed by atoms with E-state index in [1.54, 1.807) is 30.5 Å². The largest absolute Gasteiger partial charge is 0.467 e. The van der Waals surface area contributed by atoms with Crippen molar-refractivity contribution >= 4 is 15.7 Å². The van der Waals surface area contributed by atoms with Gasteiger partial charge in [-0.25, -0.2) is 8.42 Å². The summed E-state index contributed by atoms with van der Waals surface area (Å²) >= 11 is 0. The first-order valence-corrected chi connectivity index (χ1v) is 9.53. The molecule has 128 valence electrons. The summed E-state index contributed by atoms with van der Waals surface area (Å²) in [5.41, 5.74) is 1.14. The van der Waals surface area contributed by atoms with Crippen LogP contribution in [0.3, 0.4) is 0 Å². The first kappa shape index (κ1) is 17.0. The molecule has 0 spiro atoms. The molecular weight excluding hydrogens is 338 g/mol. The molecule has 3 aromatic rings. The van der Waals surface area contributed by atoms with Crippen LogP contribution < -0.4 is 5.32 Å². The summed E-state index contributed by atoms with van der Waals surface area (Å²) < 4.78 is 28.8. The van der Waals surface area contributed by atoms with Crippen LogP contribution >= 0.6 is 0 Å². The minimum atomic E-state index is -3.38. The number of hydrogen-bond acceptors (Lipinski definition) is 4. The van der Waals surface area contributed by atoms with Crippen molar-refractivity contribution in [2.45, 2.75) is 10.9 Å². The first-order chi connectivity index (χ1) is 11.9. The number of rotatable bonds is 5. The quantitative estimate of drug-likeness (QED) is 0.762. The molecule has 3 rings (SSSR count). The maximum Gasteiger partial charge on any atom is 0.252 e. The molecule has 25 heavy (non-hydrogen) atoms. The molecule has 5 nitrogen and oxygen atoms in total. The molecule has 0 aliphatic heterocycles. The number of sulfone groups is 1. The molecule has 1 amide bonds. The van der Waals surface area contributed by atoms with Crippen LogP contribution in [-0.4, -0.2) is 20.6 Å². The van der Waals surface area contributed by atoms with Gasteiger partial charge in [0, 0.05) is 11.8 Å². The lowest BCUT2D eigenvalue weighted by molar-refractivity contribution is 0.0938. The van der Waals surface area contributed by atoms with Gasteiger partial charge in [0.05, 0.1) is 11.2 Å². The van der Waals surface area contributed by atoms with Gasteiger partial charge in [-0.2, -0.15) is 0 Å². The van der Waals surface area contributed by atoms with Gasteiger partial charge in [-0.1, -0.05) is 36.4 Å². The van der Waals surface area contributed by atoms with Crippen LogP contribution in [-0.2, 0) is 9.84 Å². The van der Waals surface area contributed by atoms with E-state index in [1.807, 2.05) is 30.3 Å². The normalized spacial score (nSPS) is 12.5. The van der Waals surface area contributed by atoms with Crippen LogP contribution in [0, 0.1) is 0 Å². The number of furan rings is 1. The van der Waals surface area contributed by atoms with E-state index < -0.39 is 15.9 Å². The standard InChI is InChI=1S/C19H17NO4S/c1-25(22,23)16-10-5-9-15(13-16)19(21)20-18(17-11-6-12-24-17)14-7-3-2-4-8-14/h2-13,18H,1H3,(H,20,21). The molecule has 1 N–H and O–H groups in total. The maximum atomic E-state index is 12.7. The molecule has 0 saturated carbocycles. The Balaban J connectivity index is 1.92. The van der Waals surface area contributed by atoms with E-state index in [4.69, 9.17) is 4.42 Å². The molecule has 0 fully saturated rings. The summed E-state index contributed by atoms with van der Waals surface area (Å²) in [6.45, 7) is 0. The highest BCUT2D eigenvalue weighted by atomic mass is 32.2. The Kier molecular flexibility index (Phi) is 4.72. The van der Waals surface area contributed by atoms with Crippen LogP contribution in [0.5, 0.6) is 0 Å². The Hall–Kier alpha value is -2.86. The van der Waals surface area contributed by atoms with E-state index in [1.165, 1.54) is 12.1 Å². The first-order valence-electron chi connectivity index (χ1n) is 7.64. The summed E-state index contributed by atoms with van der Waals surface area (Å²) in [6.07, 6.45) is 2.65. The second kappa shape index (κ2) is 6.94. The zero-order valence-corrected chi connectivity index (χ0v) is 14.4. The summed E-state index contributed by atoms with van der Waals surface area (Å²) in [6, 6.07) is 18.5. The van der Waals surface area contributed by atoms with Gasteiger partial charge in [-0.15, -0.1) is 0 Å². The predicted molar refractivity (Wildman–Crippen MR) is 94.0 cm³/mol. The second-order valence-corrected chi connectivity index (χ2v) is 7.65. The SMILES string of the molecule is CS(=O)(=O)c1cccc(C(=O)NC(c2ccccc2)c2ccco2)c1. The molecule has 0 aliphatic carbocycles. The lowest BCUT2D eigenvalue weighted by atomic mass is 10.0. The van der Waals surface area contributed by atoms with Crippen LogP contribution in [0.4, 0.5) is 0 Å². The van der Waals surface area contributed by atoms with Gasteiger partial charge in [0.15, 0.2) is 9.84 Å². The average molecular weight is 355 g/mol. The minimum absolute atomic E-state index is 0.106. The number of amides is 1. The molecule has 0 bridgehead atoms. The molecular formula is C19H17NO4S. The average Bonchev–Trinajstić information content (AvgIpc) is 3.14. The Labute approximate surface area is 146 Å². The van der Waals surface area contributed by atoms with Gasteiger partial charge in [0.1, 0.15) is 11.8 Å². The monoisotopic (exact) mass is 355 g/mol. The maximum absolute atomic E-state index is 12.7. The van der Waals surface area contributed by atoms with E-state index >= 15 is 0 Å². The van der Waals surface area contributed by atoms with Gasteiger partial charge < -0.3 is 9.73 Å². The minimum Gasteiger partial charge on any atom is -0.467 e. The Morgan fingerprint density at radius 3 is 2.40 bits per heavy atom. The van der Waals surface area contributed by atoms with E-state index in [9.17, 15) is 13.2 Å². The smallest absolute Gasteiger partial charge is 0.252 e. The fraction of sp³-hybridized carbons (Fsp3) is 0.105. The van der Waals surface area contributed by atoms with Crippen molar-refractivity contribution in [3.8, 4) is 0 Å². The highest BCUT2D eigenvalue weighted by Crippen LogP contribution is 2.23. The number of carbonyl (C=O) groups excluding carboxylic acids is 1. The highest BCUT2D eigenvalue weighted by molar-refractivity contribution is 7.90. The molecule has 1 atom stereocenters. The van der Waals surface area contributed by atoms with Gasteiger partial charge >= 0.3 is 0 Å². The van der Waals surface area contributed by atoms with Gasteiger partial charge in [0.25, 0.3) is 5.91 Å². The van der Waals surface area contributed by atoms with Crippen molar-refractivity contribution in [3.05, 3.63) is 89.9 Å². The second-order valence-electron chi connectivity index (χ2n) is 5.63. The lowest BCUT2D eigenvalue weighted by Gasteiger charge is -2.17. The highest BCUT2D eigenvalue weighted by Gasteiger charge is 2.20. The molecule has 0 radical (unpaired) electrons. The zero-order chi connectivity index (χ0) is 17.9. The molecule has 0 aliphatic rings. The lowest BCUT2D eigenvalue weighted by Crippen LogP contribution is -2.29. The van der Waals surface area contributed by atoms with Crippen molar-refractivity contribution in [1.82, 2.24) is 5.32 Å². The van der Waals surface area contributed by atoms with E-state index in [0.29, 0.717) is 5.76 Å². The number of hydrogen-bond donors (Lipinski definition) is 1. The van der Waals surface area contributed by atoms with Crippen molar-refractivity contribution in [3.63, 3.8) is 0 Å². The van der Waals surface area contributed by atoms with Crippen molar-refractivity contribution in [2.24, 2.45) is 0 Å². The van der Waals surface area contributed by atoms with Crippen LogP contribution in [0.25, 0.3) is 0 Å². The van der Waals surface area contributed by atoms with Crippen molar-refractivity contribution in [1.29, 1.82) is 0 Å². The van der Waals surface area contributed by atoms with E-state index in [-0.39, 0.29) is 16.4 Å². The van der Waals surface area contributed by atoms with Crippen LogP contribution in [0.2, 0.25) is 0 Å². The number of nitrogens with one attached hydrogen (secondary N) is 1. The molecule has 6 heteroatoms. The van der Waals surface area contributed by atoms with Crippen LogP contribution in [0.15, 0.2) is 82.3 Å². The fourth-order valence-corrected chi connectivity index (χ4v) is 3.17. The molecule has 0 saturated heterocycles. The van der Waals surface area contributed by atoms with Gasteiger partial charge in [0.2, 0.25) is 0 Å². The summed E-state index contributed by atoms with van der Waals surface area (Å²) in [5.74, 6) is 0.217. The molecule has 1 unspecified atom stereocenters. The van der Waals surface area contributed by atoms with Crippen molar-refractivity contribution in [2.75, 3.05) is 6.26 Å². The number of benzene rings is 2. The topological polar surface area (TPSA) is 76.4 Å². The van der Waals surface area contributed by atoms with Crippen molar-refractivity contribution < 1.29 is 17.6 Å². The molecule has 1 aromatic heterocycles. The van der Waals surface area contributed by atoms with Gasteiger partial charge in [-0.3, -0.25) is 4.79 Å². The summed E-state index contributed by atoms with van der Waals surface area (Å²) in [7, 11) is -3.38. The molecule has 1 heterocycles. The number of carbonyl (C=O) groups is 1. The zero-order valence-electron chi connectivity index (χ0n) is 13.5. The third-order valence-corrected chi connectivity index (χ3v) is 4.87. The van der Waals surface area contributed by atoms with E-state index in [2.05, 4.69) is 5.32 Å². The Bertz CT molecular complexity index is 964. The van der Waals surface area contributed by atoms with Crippen LogP contribution in [0.1, 0.15) is 27.7 Å². The third-order valence-electron chi connectivity index (χ3n) is 3.76.